The number of nitrogens with two attached hydrogens (primary N) is 1. The van der Waals surface area contributed by atoms with Gasteiger partial charge in [-0.2, -0.15) is 0 Å². The number of hydrogen-bond acceptors (Lipinski definition) is 3. The van der Waals surface area contributed by atoms with Crippen LogP contribution in [-0.2, 0) is 0 Å². The van der Waals surface area contributed by atoms with Gasteiger partial charge in [0.1, 0.15) is 0 Å². The second kappa shape index (κ2) is 3.80. The molecule has 2 aliphatic rings. The third-order valence-electron chi connectivity index (χ3n) is 3.62. The van der Waals surface area contributed by atoms with Gasteiger partial charge in [0.05, 0.1) is 11.4 Å². The van der Waals surface area contributed by atoms with Crippen LogP contribution in [0.1, 0.15) is 5.56 Å². The maximum Gasteiger partial charge on any atom is 0.178 e. The third-order valence-corrected chi connectivity index (χ3v) is 3.62. The van der Waals surface area contributed by atoms with Gasteiger partial charge in [-0.1, -0.05) is 42.5 Å². The van der Waals surface area contributed by atoms with Crippen LogP contribution in [0.25, 0.3) is 11.8 Å². The van der Waals surface area contributed by atoms with Crippen LogP contribution < -0.4 is 21.1 Å². The Hall–Kier alpha value is -2.39. The predicted octanol–water partition coefficient (Wildman–Crippen LogP) is 0.770. The first-order chi connectivity index (χ1) is 9.34. The van der Waals surface area contributed by atoms with Crippen molar-refractivity contribution in [2.45, 2.75) is 6.29 Å². The van der Waals surface area contributed by atoms with E-state index in [9.17, 15) is 0 Å². The van der Waals surface area contributed by atoms with Gasteiger partial charge in [-0.25, -0.2) is 0 Å². The maximum absolute atomic E-state index is 6.12. The highest BCUT2D eigenvalue weighted by atomic mass is 15.4. The van der Waals surface area contributed by atoms with Gasteiger partial charge in [-0.15, -0.1) is 0 Å². The average molecular weight is 247 g/mol. The lowest BCUT2D eigenvalue weighted by molar-refractivity contribution is 0.750. The van der Waals surface area contributed by atoms with Crippen molar-refractivity contribution in [2.24, 2.45) is 10.7 Å². The summed E-state index contributed by atoms with van der Waals surface area (Å²) in [7, 11) is 0. The molecule has 2 N–H and O–H groups in total. The molecule has 0 aliphatic carbocycles. The van der Waals surface area contributed by atoms with Crippen LogP contribution in [-0.4, -0.2) is 12.5 Å². The van der Waals surface area contributed by atoms with Gasteiger partial charge in [0.2, 0.25) is 0 Å². The molecule has 1 unspecified atom stereocenters. The number of fused-ring (bicyclic) bond motifs is 4. The Morgan fingerprint density at radius 2 is 1.79 bits per heavy atom. The Morgan fingerprint density at radius 3 is 2.74 bits per heavy atom. The summed E-state index contributed by atoms with van der Waals surface area (Å²) in [6, 6.07) is 16.6. The molecule has 2 aromatic carbocycles. The zero-order chi connectivity index (χ0) is 12.8. The highest BCUT2D eigenvalue weighted by molar-refractivity contribution is 6.11. The lowest BCUT2D eigenvalue weighted by Gasteiger charge is -2.24. The van der Waals surface area contributed by atoms with Crippen LogP contribution >= 0.6 is 0 Å². The number of hydrogen-bond donors (Lipinski definition) is 1. The zero-order valence-corrected chi connectivity index (χ0v) is 10.3. The van der Waals surface area contributed by atoms with Crippen molar-refractivity contribution in [3.8, 4) is 0 Å². The molecular weight excluding hydrogens is 234 g/mol. The Bertz CT molecular complexity index is 805. The first kappa shape index (κ1) is 10.5. The summed E-state index contributed by atoms with van der Waals surface area (Å²) in [5.41, 5.74) is 9.48. The molecule has 0 radical (unpaired) electrons. The molecule has 1 atom stereocenters. The van der Waals surface area contributed by atoms with E-state index in [1.165, 1.54) is 16.0 Å². The van der Waals surface area contributed by atoms with Gasteiger partial charge >= 0.3 is 0 Å². The molecular formula is C16H13N3. The van der Waals surface area contributed by atoms with Crippen molar-refractivity contribution in [3.63, 3.8) is 0 Å². The average Bonchev–Trinajstić information content (AvgIpc) is 2.75. The fourth-order valence-corrected chi connectivity index (χ4v) is 2.74. The normalized spacial score (nSPS) is 19.3. The number of anilines is 1. The van der Waals surface area contributed by atoms with Gasteiger partial charge < -0.3 is 4.90 Å². The van der Waals surface area contributed by atoms with E-state index in [2.05, 4.69) is 46.3 Å². The summed E-state index contributed by atoms with van der Waals surface area (Å²) in [5, 5.41) is 2.38. The van der Waals surface area contributed by atoms with E-state index in [4.69, 9.17) is 5.73 Å². The molecule has 2 aliphatic heterocycles. The Morgan fingerprint density at radius 1 is 1.00 bits per heavy atom. The minimum absolute atomic E-state index is 0.337. The molecule has 0 amide bonds. The predicted molar refractivity (Wildman–Crippen MR) is 78.1 cm³/mol. The molecule has 0 fully saturated rings. The summed E-state index contributed by atoms with van der Waals surface area (Å²) in [6.07, 6.45) is 3.74. The summed E-state index contributed by atoms with van der Waals surface area (Å²) >= 11 is 0. The fourth-order valence-electron chi connectivity index (χ4n) is 2.74. The second-order valence-electron chi connectivity index (χ2n) is 4.74. The number of aliphatic imine (C=N–C) groups is 1. The van der Waals surface area contributed by atoms with E-state index in [0.717, 1.165) is 11.4 Å². The summed E-state index contributed by atoms with van der Waals surface area (Å²) in [6.45, 7) is 0. The smallest absolute Gasteiger partial charge is 0.178 e. The first-order valence-corrected chi connectivity index (χ1v) is 6.33. The molecule has 0 aromatic heterocycles. The van der Waals surface area contributed by atoms with Gasteiger partial charge in [0.15, 0.2) is 6.29 Å². The molecule has 0 spiro atoms. The summed E-state index contributed by atoms with van der Waals surface area (Å²) < 4.78 is 0. The van der Waals surface area contributed by atoms with Crippen molar-refractivity contribution in [3.05, 3.63) is 64.5 Å². The lowest BCUT2D eigenvalue weighted by Crippen LogP contribution is -2.39. The zero-order valence-electron chi connectivity index (χ0n) is 10.3. The van der Waals surface area contributed by atoms with Crippen molar-refractivity contribution in [1.29, 1.82) is 0 Å². The molecule has 0 saturated heterocycles. The molecule has 0 saturated carbocycles. The minimum atomic E-state index is -0.337. The Balaban J connectivity index is 2.18. The quantitative estimate of drug-likeness (QED) is 0.747. The van der Waals surface area contributed by atoms with E-state index in [1.807, 2.05) is 24.4 Å². The molecule has 92 valence electrons. The minimum Gasteiger partial charge on any atom is -0.304 e. The Labute approximate surface area is 111 Å². The third kappa shape index (κ3) is 1.45. The molecule has 3 heteroatoms. The second-order valence-corrected chi connectivity index (χ2v) is 4.74. The van der Waals surface area contributed by atoms with E-state index < -0.39 is 0 Å². The van der Waals surface area contributed by atoms with Crippen LogP contribution in [0.5, 0.6) is 0 Å². The largest absolute Gasteiger partial charge is 0.304 e. The van der Waals surface area contributed by atoms with E-state index in [1.54, 1.807) is 0 Å². The molecule has 4 rings (SSSR count). The highest BCUT2D eigenvalue weighted by Gasteiger charge is 2.26. The number of rotatable bonds is 0. The maximum atomic E-state index is 6.12. The van der Waals surface area contributed by atoms with Crippen LogP contribution in [0.3, 0.4) is 0 Å². The van der Waals surface area contributed by atoms with Gasteiger partial charge in [0.25, 0.3) is 0 Å². The molecule has 3 nitrogen and oxygen atoms in total. The van der Waals surface area contributed by atoms with Crippen LogP contribution in [0, 0.1) is 0 Å². The van der Waals surface area contributed by atoms with E-state index in [0.29, 0.717) is 0 Å². The van der Waals surface area contributed by atoms with Crippen LogP contribution in [0.2, 0.25) is 0 Å². The molecule has 19 heavy (non-hydrogen) atoms. The summed E-state index contributed by atoms with van der Waals surface area (Å²) in [5.74, 6) is 0. The number of benzene rings is 2. The number of nitrogens with zero attached hydrogens (tertiary/aromatic N) is 2. The summed E-state index contributed by atoms with van der Waals surface area (Å²) in [4.78, 5) is 6.44. The van der Waals surface area contributed by atoms with Crippen molar-refractivity contribution in [2.75, 3.05) is 4.90 Å². The highest BCUT2D eigenvalue weighted by Crippen LogP contribution is 2.29. The molecule has 2 heterocycles. The van der Waals surface area contributed by atoms with Crippen LogP contribution in [0.15, 0.2) is 53.5 Å². The fraction of sp³-hybridized carbons (Fsp3) is 0.0625. The van der Waals surface area contributed by atoms with E-state index >= 15 is 0 Å². The van der Waals surface area contributed by atoms with Crippen molar-refractivity contribution < 1.29 is 0 Å². The van der Waals surface area contributed by atoms with Crippen molar-refractivity contribution in [1.82, 2.24) is 0 Å². The van der Waals surface area contributed by atoms with Gasteiger partial charge in [-0.3, -0.25) is 10.7 Å². The first-order valence-electron chi connectivity index (χ1n) is 6.33. The topological polar surface area (TPSA) is 41.6 Å². The molecule has 2 aromatic rings. The standard InChI is InChI=1S/C16H13N3/c17-16-18-10-15-13-7-3-1-5-11(13)9-12-6-2-4-8-14(12)19(15)16/h1-10,16H,17H2. The number of para-hydroxylation sites is 1. The van der Waals surface area contributed by atoms with E-state index in [-0.39, 0.29) is 6.29 Å². The van der Waals surface area contributed by atoms with Gasteiger partial charge in [-0.05, 0) is 22.9 Å². The SMILES string of the molecule is NC1N=CC2=c3ccccc3=Cc3ccccc3N21. The molecule has 0 bridgehead atoms. The Kier molecular flexibility index (Phi) is 2.11. The monoisotopic (exact) mass is 247 g/mol. The van der Waals surface area contributed by atoms with Gasteiger partial charge in [0, 0.05) is 11.4 Å². The lowest BCUT2D eigenvalue weighted by atomic mass is 10.1. The van der Waals surface area contributed by atoms with Crippen molar-refractivity contribution >= 4 is 23.7 Å². The van der Waals surface area contributed by atoms with Crippen LogP contribution in [0.4, 0.5) is 5.69 Å².